The van der Waals surface area contributed by atoms with Crippen LogP contribution in [0.1, 0.15) is 26.3 Å². The van der Waals surface area contributed by atoms with Gasteiger partial charge in [0.2, 0.25) is 15.9 Å². The fraction of sp³-hybridized carbons (Fsp3) is 0.381. The van der Waals surface area contributed by atoms with Crippen molar-refractivity contribution in [2.75, 3.05) is 31.5 Å². The lowest BCUT2D eigenvalue weighted by Gasteiger charge is -2.21. The van der Waals surface area contributed by atoms with Crippen LogP contribution in [-0.4, -0.2) is 49.7 Å². The van der Waals surface area contributed by atoms with Gasteiger partial charge in [-0.3, -0.25) is 9.69 Å². The van der Waals surface area contributed by atoms with Crippen molar-refractivity contribution in [3.8, 4) is 0 Å². The van der Waals surface area contributed by atoms with Crippen molar-refractivity contribution in [2.45, 2.75) is 32.2 Å². The SMILES string of the molecule is CCN(CC(=O)Nc1cccc(S(=O)(=O)N(CC)CC)c1)Cc1ccccc1Cl. The number of halogens is 1. The van der Waals surface area contributed by atoms with Gasteiger partial charge in [-0.15, -0.1) is 0 Å². The van der Waals surface area contributed by atoms with Gasteiger partial charge >= 0.3 is 0 Å². The predicted octanol–water partition coefficient (Wildman–Crippen LogP) is 3.83. The van der Waals surface area contributed by atoms with E-state index in [-0.39, 0.29) is 17.3 Å². The zero-order valence-corrected chi connectivity index (χ0v) is 18.6. The summed E-state index contributed by atoms with van der Waals surface area (Å²) < 4.78 is 26.8. The number of hydrogen-bond donors (Lipinski definition) is 1. The Bertz CT molecular complexity index is 930. The monoisotopic (exact) mass is 437 g/mol. The van der Waals surface area contributed by atoms with Crippen LogP contribution in [0.3, 0.4) is 0 Å². The second-order valence-electron chi connectivity index (χ2n) is 6.56. The van der Waals surface area contributed by atoms with E-state index in [0.29, 0.717) is 36.9 Å². The number of benzene rings is 2. The first-order valence-corrected chi connectivity index (χ1v) is 11.5. The molecule has 8 heteroatoms. The van der Waals surface area contributed by atoms with Gasteiger partial charge in [0.25, 0.3) is 0 Å². The highest BCUT2D eigenvalue weighted by Crippen LogP contribution is 2.20. The number of carbonyl (C=O) groups is 1. The van der Waals surface area contributed by atoms with E-state index in [1.807, 2.05) is 36.1 Å². The summed E-state index contributed by atoms with van der Waals surface area (Å²) in [6.45, 7) is 7.76. The molecule has 6 nitrogen and oxygen atoms in total. The molecule has 0 fully saturated rings. The first-order chi connectivity index (χ1) is 13.8. The molecule has 0 bridgehead atoms. The Labute approximate surface area is 178 Å². The summed E-state index contributed by atoms with van der Waals surface area (Å²) in [6, 6.07) is 13.9. The van der Waals surface area contributed by atoms with Crippen LogP contribution >= 0.6 is 11.6 Å². The van der Waals surface area contributed by atoms with E-state index in [1.165, 1.54) is 10.4 Å². The number of sulfonamides is 1. The third-order valence-corrected chi connectivity index (χ3v) is 7.04. The third kappa shape index (κ3) is 6.27. The predicted molar refractivity (Wildman–Crippen MR) is 118 cm³/mol. The van der Waals surface area contributed by atoms with Gasteiger partial charge in [0.15, 0.2) is 0 Å². The summed E-state index contributed by atoms with van der Waals surface area (Å²) in [6.07, 6.45) is 0. The molecular weight excluding hydrogens is 410 g/mol. The van der Waals surface area contributed by atoms with Gasteiger partial charge in [0.1, 0.15) is 0 Å². The van der Waals surface area contributed by atoms with Crippen molar-refractivity contribution in [2.24, 2.45) is 0 Å². The van der Waals surface area contributed by atoms with E-state index in [0.717, 1.165) is 5.56 Å². The van der Waals surface area contributed by atoms with Crippen molar-refractivity contribution in [3.05, 3.63) is 59.1 Å². The number of nitrogens with one attached hydrogen (secondary N) is 1. The van der Waals surface area contributed by atoms with Crippen LogP contribution in [0.25, 0.3) is 0 Å². The lowest BCUT2D eigenvalue weighted by molar-refractivity contribution is -0.117. The number of amides is 1. The molecule has 1 N–H and O–H groups in total. The first-order valence-electron chi connectivity index (χ1n) is 9.67. The number of likely N-dealkylation sites (N-methyl/N-ethyl adjacent to an activating group) is 1. The summed E-state index contributed by atoms with van der Waals surface area (Å²) in [4.78, 5) is 14.7. The maximum atomic E-state index is 12.7. The Morgan fingerprint density at radius 2 is 1.69 bits per heavy atom. The zero-order valence-electron chi connectivity index (χ0n) is 17.1. The van der Waals surface area contributed by atoms with E-state index in [1.54, 1.807) is 32.0 Å². The second-order valence-corrected chi connectivity index (χ2v) is 8.91. The highest BCUT2D eigenvalue weighted by Gasteiger charge is 2.22. The molecule has 0 aliphatic carbocycles. The maximum absolute atomic E-state index is 12.7. The Morgan fingerprint density at radius 3 is 2.31 bits per heavy atom. The molecule has 0 aliphatic heterocycles. The topological polar surface area (TPSA) is 69.7 Å². The Kier molecular flexibility index (Phi) is 8.64. The molecule has 2 rings (SSSR count). The number of carbonyl (C=O) groups excluding carboxylic acids is 1. The Balaban J connectivity index is 2.07. The van der Waals surface area contributed by atoms with E-state index in [9.17, 15) is 13.2 Å². The molecule has 2 aromatic carbocycles. The van der Waals surface area contributed by atoms with Crippen LogP contribution in [0.4, 0.5) is 5.69 Å². The summed E-state index contributed by atoms with van der Waals surface area (Å²) in [7, 11) is -3.58. The number of rotatable bonds is 10. The van der Waals surface area contributed by atoms with Crippen LogP contribution < -0.4 is 5.32 Å². The van der Waals surface area contributed by atoms with E-state index in [2.05, 4.69) is 5.32 Å². The van der Waals surface area contributed by atoms with Gasteiger partial charge in [-0.25, -0.2) is 8.42 Å². The van der Waals surface area contributed by atoms with E-state index >= 15 is 0 Å². The fourth-order valence-electron chi connectivity index (χ4n) is 3.00. The normalized spacial score (nSPS) is 11.8. The number of anilines is 1. The molecule has 158 valence electrons. The Morgan fingerprint density at radius 1 is 1.00 bits per heavy atom. The van der Waals surface area contributed by atoms with Crippen molar-refractivity contribution >= 4 is 33.2 Å². The van der Waals surface area contributed by atoms with Gasteiger partial charge in [0, 0.05) is 30.3 Å². The van der Waals surface area contributed by atoms with Gasteiger partial charge in [-0.05, 0) is 36.4 Å². The molecule has 1 amide bonds. The minimum atomic E-state index is -3.58. The van der Waals surface area contributed by atoms with E-state index in [4.69, 9.17) is 11.6 Å². The highest BCUT2D eigenvalue weighted by molar-refractivity contribution is 7.89. The molecular formula is C21H28ClN3O3S. The van der Waals surface area contributed by atoms with Crippen LogP contribution in [-0.2, 0) is 21.4 Å². The van der Waals surface area contributed by atoms with Crippen molar-refractivity contribution in [1.82, 2.24) is 9.21 Å². The molecule has 0 aromatic heterocycles. The minimum Gasteiger partial charge on any atom is -0.325 e. The highest BCUT2D eigenvalue weighted by atomic mass is 35.5. The summed E-state index contributed by atoms with van der Waals surface area (Å²) >= 11 is 6.21. The molecule has 0 saturated carbocycles. The molecule has 29 heavy (non-hydrogen) atoms. The van der Waals surface area contributed by atoms with Crippen LogP contribution in [0.5, 0.6) is 0 Å². The second kappa shape index (κ2) is 10.7. The van der Waals surface area contributed by atoms with Crippen LogP contribution in [0.15, 0.2) is 53.4 Å². The van der Waals surface area contributed by atoms with Gasteiger partial charge < -0.3 is 5.32 Å². The number of nitrogens with zero attached hydrogens (tertiary/aromatic N) is 2. The van der Waals surface area contributed by atoms with Gasteiger partial charge in [0.05, 0.1) is 11.4 Å². The van der Waals surface area contributed by atoms with Gasteiger partial charge in [-0.2, -0.15) is 4.31 Å². The van der Waals surface area contributed by atoms with Gasteiger partial charge in [-0.1, -0.05) is 56.6 Å². The fourth-order valence-corrected chi connectivity index (χ4v) is 4.70. The van der Waals surface area contributed by atoms with Crippen molar-refractivity contribution in [3.63, 3.8) is 0 Å². The third-order valence-electron chi connectivity index (χ3n) is 4.63. The smallest absolute Gasteiger partial charge is 0.243 e. The van der Waals surface area contributed by atoms with Crippen LogP contribution in [0, 0.1) is 0 Å². The molecule has 0 radical (unpaired) electrons. The molecule has 0 unspecified atom stereocenters. The average molecular weight is 438 g/mol. The molecule has 0 spiro atoms. The maximum Gasteiger partial charge on any atom is 0.243 e. The molecule has 0 aliphatic rings. The lowest BCUT2D eigenvalue weighted by Crippen LogP contribution is -2.33. The lowest BCUT2D eigenvalue weighted by atomic mass is 10.2. The van der Waals surface area contributed by atoms with Crippen molar-refractivity contribution < 1.29 is 13.2 Å². The average Bonchev–Trinajstić information content (AvgIpc) is 2.70. The molecule has 0 heterocycles. The summed E-state index contributed by atoms with van der Waals surface area (Å²) in [5.41, 5.74) is 1.41. The summed E-state index contributed by atoms with van der Waals surface area (Å²) in [5.74, 6) is -0.212. The largest absolute Gasteiger partial charge is 0.325 e. The van der Waals surface area contributed by atoms with E-state index < -0.39 is 10.0 Å². The first kappa shape index (κ1) is 23.3. The van der Waals surface area contributed by atoms with Crippen LogP contribution in [0.2, 0.25) is 5.02 Å². The molecule has 0 atom stereocenters. The summed E-state index contributed by atoms with van der Waals surface area (Å²) in [5, 5.41) is 3.47. The zero-order chi connectivity index (χ0) is 21.4. The standard InChI is InChI=1S/C21H28ClN3O3S/c1-4-24(15-17-10-7-8-13-20(17)22)16-21(26)23-18-11-9-12-19(14-18)29(27,28)25(5-2)6-3/h7-14H,4-6,15-16H2,1-3H3,(H,23,26). The molecule has 0 saturated heterocycles. The quantitative estimate of drug-likeness (QED) is 0.613. The minimum absolute atomic E-state index is 0.169. The Hall–Kier alpha value is -1.93. The molecule has 2 aromatic rings. The van der Waals surface area contributed by atoms with Crippen molar-refractivity contribution in [1.29, 1.82) is 0 Å². The number of hydrogen-bond acceptors (Lipinski definition) is 4.